The summed E-state index contributed by atoms with van der Waals surface area (Å²) in [7, 11) is 1.65. The molecule has 252 valence electrons. The van der Waals surface area contributed by atoms with Crippen LogP contribution in [0.3, 0.4) is 0 Å². The summed E-state index contributed by atoms with van der Waals surface area (Å²) in [6.45, 7) is 4.11. The number of piperidine rings is 1. The van der Waals surface area contributed by atoms with Crippen molar-refractivity contribution in [1.82, 2.24) is 10.6 Å². The molecule has 43 heavy (non-hydrogen) atoms. The Kier molecular flexibility index (Phi) is 14.9. The Bertz CT molecular complexity index is 783. The third kappa shape index (κ3) is 10.8. The molecule has 4 rings (SSSR count). The molecule has 4 fully saturated rings. The molecule has 2 aliphatic carbocycles. The summed E-state index contributed by atoms with van der Waals surface area (Å²) >= 11 is 0. The van der Waals surface area contributed by atoms with Gasteiger partial charge >= 0.3 is 0 Å². The van der Waals surface area contributed by atoms with E-state index in [0.29, 0.717) is 50.5 Å². The van der Waals surface area contributed by atoms with Crippen LogP contribution < -0.4 is 16.4 Å². The zero-order valence-electron chi connectivity index (χ0n) is 26.5. The molecule has 13 unspecified atom stereocenters. The lowest BCUT2D eigenvalue weighted by atomic mass is 9.77. The number of methoxy groups -OCH3 is 1. The summed E-state index contributed by atoms with van der Waals surface area (Å²) in [4.78, 5) is 0. The Labute approximate surface area is 258 Å². The third-order valence-electron chi connectivity index (χ3n) is 10.6. The predicted molar refractivity (Wildman–Crippen MR) is 163 cm³/mol. The second-order valence-electron chi connectivity index (χ2n) is 13.7. The lowest BCUT2D eigenvalue weighted by Crippen LogP contribution is -2.52. The van der Waals surface area contributed by atoms with Crippen molar-refractivity contribution in [1.29, 1.82) is 0 Å². The molecule has 13 atom stereocenters. The summed E-state index contributed by atoms with van der Waals surface area (Å²) in [5.74, 6) is 1.15. The fourth-order valence-electron chi connectivity index (χ4n) is 8.09. The van der Waals surface area contributed by atoms with Gasteiger partial charge in [-0.3, -0.25) is 0 Å². The van der Waals surface area contributed by atoms with Gasteiger partial charge in [-0.2, -0.15) is 0 Å². The molecule has 0 aromatic heterocycles. The van der Waals surface area contributed by atoms with Crippen LogP contribution in [0.4, 0.5) is 0 Å². The predicted octanol–water partition coefficient (Wildman–Crippen LogP) is 1.38. The molecular formula is C32H61N3O8. The minimum absolute atomic E-state index is 0.0359. The van der Waals surface area contributed by atoms with Crippen LogP contribution in [-0.2, 0) is 18.9 Å². The second kappa shape index (κ2) is 18.0. The van der Waals surface area contributed by atoms with Crippen LogP contribution in [-0.4, -0.2) is 115 Å². The molecule has 0 aromatic rings. The quantitative estimate of drug-likeness (QED) is 0.133. The van der Waals surface area contributed by atoms with Gasteiger partial charge in [0, 0.05) is 13.2 Å². The number of nitrogens with two attached hydrogens (primary N) is 1. The van der Waals surface area contributed by atoms with Crippen molar-refractivity contribution in [2.45, 2.75) is 151 Å². The molecule has 2 saturated carbocycles. The summed E-state index contributed by atoms with van der Waals surface area (Å²) < 4.78 is 24.2. The summed E-state index contributed by atoms with van der Waals surface area (Å²) in [5, 5.41) is 48.2. The van der Waals surface area contributed by atoms with Crippen LogP contribution in [0, 0.1) is 17.8 Å². The maximum atomic E-state index is 11.1. The SMILES string of the molecule is CCNC(CCC1CCNC(N)C1)COC1CC(C2CC(O)CC(CCC3CCC(O)C(OCO)C3)O2)CC(OC)C1O. The second-order valence-corrected chi connectivity index (χ2v) is 13.7. The van der Waals surface area contributed by atoms with Crippen LogP contribution >= 0.6 is 0 Å². The molecule has 2 aliphatic heterocycles. The summed E-state index contributed by atoms with van der Waals surface area (Å²) in [6.07, 6.45) is 8.25. The van der Waals surface area contributed by atoms with Crippen molar-refractivity contribution in [3.8, 4) is 0 Å². The van der Waals surface area contributed by atoms with Crippen molar-refractivity contribution >= 4 is 0 Å². The van der Waals surface area contributed by atoms with Gasteiger partial charge in [0.1, 0.15) is 12.9 Å². The Morgan fingerprint density at radius 3 is 2.44 bits per heavy atom. The van der Waals surface area contributed by atoms with Crippen molar-refractivity contribution in [2.75, 3.05) is 33.6 Å². The van der Waals surface area contributed by atoms with Gasteiger partial charge in [0.2, 0.25) is 0 Å². The highest BCUT2D eigenvalue weighted by atomic mass is 16.6. The van der Waals surface area contributed by atoms with E-state index < -0.39 is 18.3 Å². The number of aliphatic hydroxyl groups excluding tert-OH is 4. The van der Waals surface area contributed by atoms with Gasteiger partial charge in [-0.25, -0.2) is 0 Å². The average molecular weight is 616 g/mol. The van der Waals surface area contributed by atoms with E-state index in [1.54, 1.807) is 7.11 Å². The Morgan fingerprint density at radius 2 is 1.70 bits per heavy atom. The van der Waals surface area contributed by atoms with Crippen LogP contribution in [0.2, 0.25) is 0 Å². The van der Waals surface area contributed by atoms with Crippen LogP contribution in [0.25, 0.3) is 0 Å². The average Bonchev–Trinajstić information content (AvgIpc) is 2.99. The number of ether oxygens (including phenoxy) is 4. The van der Waals surface area contributed by atoms with Crippen molar-refractivity contribution in [3.63, 3.8) is 0 Å². The van der Waals surface area contributed by atoms with E-state index in [1.165, 1.54) is 0 Å². The van der Waals surface area contributed by atoms with E-state index in [9.17, 15) is 15.3 Å². The molecule has 0 aromatic carbocycles. The third-order valence-corrected chi connectivity index (χ3v) is 10.6. The number of rotatable bonds is 15. The molecule has 0 amide bonds. The molecule has 0 bridgehead atoms. The van der Waals surface area contributed by atoms with Gasteiger partial charge in [0.25, 0.3) is 0 Å². The zero-order valence-corrected chi connectivity index (χ0v) is 26.5. The van der Waals surface area contributed by atoms with Gasteiger partial charge in [-0.1, -0.05) is 6.92 Å². The van der Waals surface area contributed by atoms with Crippen LogP contribution in [0.15, 0.2) is 0 Å². The fourth-order valence-corrected chi connectivity index (χ4v) is 8.09. The number of nitrogens with one attached hydrogen (secondary N) is 2. The van der Waals surface area contributed by atoms with Gasteiger partial charge in [0.05, 0.1) is 55.5 Å². The molecule has 4 aliphatic rings. The monoisotopic (exact) mass is 615 g/mol. The first-order valence-corrected chi connectivity index (χ1v) is 17.1. The highest BCUT2D eigenvalue weighted by molar-refractivity contribution is 4.94. The van der Waals surface area contributed by atoms with E-state index in [-0.39, 0.29) is 55.4 Å². The number of hydrogen-bond donors (Lipinski definition) is 7. The topological polar surface area (TPSA) is 168 Å². The number of hydrogen-bond acceptors (Lipinski definition) is 11. The molecular weight excluding hydrogens is 554 g/mol. The smallest absolute Gasteiger partial charge is 0.144 e. The van der Waals surface area contributed by atoms with E-state index >= 15 is 0 Å². The van der Waals surface area contributed by atoms with E-state index in [0.717, 1.165) is 64.5 Å². The van der Waals surface area contributed by atoms with Crippen molar-refractivity contribution < 1.29 is 39.4 Å². The zero-order chi connectivity index (χ0) is 30.8. The van der Waals surface area contributed by atoms with Crippen molar-refractivity contribution in [2.24, 2.45) is 23.5 Å². The standard InChI is InChI=1S/C32H61N3O8/c1-3-34-23(7-4-21-10-11-35-31(33)13-21)18-41-30-15-22(14-29(40-2)32(30)39)27-17-24(37)16-25(43-27)8-5-20-6-9-26(38)28(12-20)42-19-36/h20-32,34-39H,3-19,33H2,1-2H3. The van der Waals surface area contributed by atoms with Crippen molar-refractivity contribution in [3.05, 3.63) is 0 Å². The highest BCUT2D eigenvalue weighted by Gasteiger charge is 2.44. The minimum Gasteiger partial charge on any atom is -0.393 e. The Hall–Kier alpha value is -0.440. The maximum absolute atomic E-state index is 11.1. The molecule has 0 radical (unpaired) electrons. The largest absolute Gasteiger partial charge is 0.393 e. The maximum Gasteiger partial charge on any atom is 0.144 e. The first-order valence-electron chi connectivity index (χ1n) is 17.1. The minimum atomic E-state index is -0.703. The Morgan fingerprint density at radius 1 is 0.907 bits per heavy atom. The summed E-state index contributed by atoms with van der Waals surface area (Å²) in [6, 6.07) is 0.213. The normalized spacial score (nSPS) is 41.7. The van der Waals surface area contributed by atoms with Gasteiger partial charge < -0.3 is 55.7 Å². The van der Waals surface area contributed by atoms with Crippen LogP contribution in [0.1, 0.15) is 90.4 Å². The molecule has 2 heterocycles. The molecule has 0 spiro atoms. The van der Waals surface area contributed by atoms with Gasteiger partial charge in [0.15, 0.2) is 0 Å². The number of likely N-dealkylation sites (N-methyl/N-ethyl adjacent to an activating group) is 1. The van der Waals surface area contributed by atoms with E-state index in [1.807, 2.05) is 0 Å². The first kappa shape index (κ1) is 35.4. The Balaban J connectivity index is 1.29. The molecule has 11 heteroatoms. The first-order chi connectivity index (χ1) is 20.8. The van der Waals surface area contributed by atoms with E-state index in [2.05, 4.69) is 17.6 Å². The lowest BCUT2D eigenvalue weighted by molar-refractivity contribution is -0.178. The highest BCUT2D eigenvalue weighted by Crippen LogP contribution is 2.38. The molecule has 11 nitrogen and oxygen atoms in total. The number of aliphatic hydroxyl groups is 4. The van der Waals surface area contributed by atoms with E-state index in [4.69, 9.17) is 29.8 Å². The van der Waals surface area contributed by atoms with Gasteiger partial charge in [-0.15, -0.1) is 0 Å². The molecule has 8 N–H and O–H groups in total. The lowest BCUT2D eigenvalue weighted by Gasteiger charge is -2.44. The summed E-state index contributed by atoms with van der Waals surface area (Å²) in [5.41, 5.74) is 6.11. The molecule has 2 saturated heterocycles. The van der Waals surface area contributed by atoms with Gasteiger partial charge in [-0.05, 0) is 114 Å². The van der Waals surface area contributed by atoms with Crippen LogP contribution in [0.5, 0.6) is 0 Å². The fraction of sp³-hybridized carbons (Fsp3) is 1.00.